The number of hydrogen-bond acceptors (Lipinski definition) is 3. The number of thiazole rings is 1. The average Bonchev–Trinajstić information content (AvgIpc) is 3.09. The Labute approximate surface area is 129 Å². The molecule has 1 aromatic carbocycles. The predicted octanol–water partition coefficient (Wildman–Crippen LogP) is 5.19. The Bertz CT molecular complexity index is 705. The van der Waals surface area contributed by atoms with Gasteiger partial charge in [0, 0.05) is 23.0 Å². The first-order chi connectivity index (χ1) is 10.3. The van der Waals surface area contributed by atoms with Crippen LogP contribution in [-0.4, -0.2) is 9.97 Å². The molecule has 0 fully saturated rings. The van der Waals surface area contributed by atoms with Gasteiger partial charge in [0.25, 0.3) is 0 Å². The highest BCUT2D eigenvalue weighted by molar-refractivity contribution is 7.13. The maximum Gasteiger partial charge on any atom is 0.0981 e. The standard InChI is InChI=1S/C18H17N2S/c1-3-13(2)17-9-15(18-11-19-12-21-18)16(10-20-17)14-7-5-4-6-8-14/h4-9,11-13H,3H2,1-2H3. The molecule has 3 rings (SSSR count). The molecule has 1 atom stereocenters. The van der Waals surface area contributed by atoms with Crippen molar-refractivity contribution in [2.75, 3.05) is 0 Å². The van der Waals surface area contributed by atoms with E-state index < -0.39 is 0 Å². The molecule has 2 aromatic heterocycles. The smallest absolute Gasteiger partial charge is 0.0981 e. The van der Waals surface area contributed by atoms with Crippen LogP contribution in [0.25, 0.3) is 21.6 Å². The van der Waals surface area contributed by atoms with Gasteiger partial charge in [-0.2, -0.15) is 0 Å². The minimum absolute atomic E-state index is 0.442. The van der Waals surface area contributed by atoms with Gasteiger partial charge in [0.1, 0.15) is 0 Å². The third-order valence-corrected chi connectivity index (χ3v) is 4.54. The molecule has 1 unspecified atom stereocenters. The first kappa shape index (κ1) is 14.0. The second-order valence-electron chi connectivity index (χ2n) is 5.12. The largest absolute Gasteiger partial charge is 0.252 e. The zero-order valence-electron chi connectivity index (χ0n) is 12.2. The molecule has 0 aliphatic heterocycles. The molecule has 0 N–H and O–H groups in total. The van der Waals surface area contributed by atoms with Crippen LogP contribution >= 0.6 is 11.3 Å². The van der Waals surface area contributed by atoms with Crippen molar-refractivity contribution in [2.24, 2.45) is 0 Å². The lowest BCUT2D eigenvalue weighted by atomic mass is 9.96. The number of benzene rings is 1. The minimum atomic E-state index is 0.442. The molecule has 0 amide bonds. The average molecular weight is 293 g/mol. The minimum Gasteiger partial charge on any atom is -0.252 e. The summed E-state index contributed by atoms with van der Waals surface area (Å²) in [5, 5.41) is 0. The number of hydrogen-bond donors (Lipinski definition) is 0. The summed E-state index contributed by atoms with van der Waals surface area (Å²) in [5.74, 6) is 0.442. The van der Waals surface area contributed by atoms with Crippen LogP contribution < -0.4 is 0 Å². The van der Waals surface area contributed by atoms with E-state index in [4.69, 9.17) is 0 Å². The van der Waals surface area contributed by atoms with Crippen LogP contribution in [-0.2, 0) is 0 Å². The fourth-order valence-corrected chi connectivity index (χ4v) is 2.91. The van der Waals surface area contributed by atoms with Gasteiger partial charge in [0.2, 0.25) is 0 Å². The zero-order valence-corrected chi connectivity index (χ0v) is 13.0. The Morgan fingerprint density at radius 3 is 2.71 bits per heavy atom. The summed E-state index contributed by atoms with van der Waals surface area (Å²) < 4.78 is 0. The zero-order chi connectivity index (χ0) is 14.7. The van der Waals surface area contributed by atoms with E-state index in [2.05, 4.69) is 48.2 Å². The molecule has 2 heterocycles. The van der Waals surface area contributed by atoms with Gasteiger partial charge in [-0.3, -0.25) is 9.97 Å². The number of nitrogens with zero attached hydrogens (tertiary/aromatic N) is 2. The summed E-state index contributed by atoms with van der Waals surface area (Å²) >= 11 is 1.65. The lowest BCUT2D eigenvalue weighted by Crippen LogP contribution is -1.97. The Kier molecular flexibility index (Phi) is 4.11. The van der Waals surface area contributed by atoms with E-state index in [1.807, 2.05) is 29.9 Å². The van der Waals surface area contributed by atoms with Crippen LogP contribution in [0.5, 0.6) is 0 Å². The maximum atomic E-state index is 4.56. The van der Waals surface area contributed by atoms with E-state index in [1.165, 1.54) is 5.56 Å². The van der Waals surface area contributed by atoms with Gasteiger partial charge >= 0.3 is 0 Å². The highest BCUT2D eigenvalue weighted by Gasteiger charge is 2.13. The first-order valence-corrected chi connectivity index (χ1v) is 8.04. The fraction of sp³-hybridized carbons (Fsp3) is 0.222. The number of pyridine rings is 1. The quantitative estimate of drug-likeness (QED) is 0.662. The van der Waals surface area contributed by atoms with Gasteiger partial charge < -0.3 is 0 Å². The van der Waals surface area contributed by atoms with Gasteiger partial charge in [-0.1, -0.05) is 44.2 Å². The van der Waals surface area contributed by atoms with Crippen LogP contribution in [0, 0.1) is 6.20 Å². The van der Waals surface area contributed by atoms with E-state index >= 15 is 0 Å². The Morgan fingerprint density at radius 1 is 1.24 bits per heavy atom. The molecule has 105 valence electrons. The maximum absolute atomic E-state index is 4.56. The van der Waals surface area contributed by atoms with Crippen LogP contribution in [0.15, 0.2) is 48.1 Å². The van der Waals surface area contributed by atoms with Gasteiger partial charge in [0.05, 0.1) is 16.6 Å². The van der Waals surface area contributed by atoms with E-state index in [0.717, 1.165) is 28.1 Å². The summed E-state index contributed by atoms with van der Waals surface area (Å²) in [6.07, 6.45) is 6.25. The summed E-state index contributed by atoms with van der Waals surface area (Å²) in [6, 6.07) is 12.5. The van der Waals surface area contributed by atoms with Crippen molar-refractivity contribution in [3.8, 4) is 21.6 Å². The predicted molar refractivity (Wildman–Crippen MR) is 88.3 cm³/mol. The highest BCUT2D eigenvalue weighted by atomic mass is 32.1. The Hall–Kier alpha value is -2.00. The van der Waals surface area contributed by atoms with Gasteiger partial charge in [-0.25, -0.2) is 0 Å². The molecule has 0 saturated carbocycles. The fourth-order valence-electron chi connectivity index (χ4n) is 2.26. The molecule has 3 heteroatoms. The van der Waals surface area contributed by atoms with Crippen LogP contribution in [0.1, 0.15) is 31.9 Å². The normalized spacial score (nSPS) is 12.3. The molecule has 0 aliphatic rings. The molecular weight excluding hydrogens is 276 g/mol. The molecule has 1 radical (unpaired) electrons. The van der Waals surface area contributed by atoms with E-state index in [0.29, 0.717) is 5.92 Å². The van der Waals surface area contributed by atoms with Crippen LogP contribution in [0.3, 0.4) is 0 Å². The van der Waals surface area contributed by atoms with Crippen molar-refractivity contribution < 1.29 is 0 Å². The van der Waals surface area contributed by atoms with E-state index in [-0.39, 0.29) is 0 Å². The molecule has 21 heavy (non-hydrogen) atoms. The molecule has 0 spiro atoms. The third-order valence-electron chi connectivity index (χ3n) is 3.74. The van der Waals surface area contributed by atoms with Crippen molar-refractivity contribution in [3.63, 3.8) is 0 Å². The molecule has 0 aliphatic carbocycles. The molecule has 0 saturated heterocycles. The lowest BCUT2D eigenvalue weighted by molar-refractivity contribution is 0.708. The van der Waals surface area contributed by atoms with Crippen LogP contribution in [0.4, 0.5) is 0 Å². The lowest BCUT2D eigenvalue weighted by Gasteiger charge is -2.13. The van der Waals surface area contributed by atoms with Gasteiger partial charge in [-0.05, 0) is 24.0 Å². The second-order valence-corrected chi connectivity index (χ2v) is 6.01. The van der Waals surface area contributed by atoms with Gasteiger partial charge in [-0.15, -0.1) is 11.3 Å². The summed E-state index contributed by atoms with van der Waals surface area (Å²) in [7, 11) is 0. The Morgan fingerprint density at radius 2 is 2.05 bits per heavy atom. The number of aromatic nitrogens is 2. The van der Waals surface area contributed by atoms with E-state index in [1.54, 1.807) is 11.3 Å². The topological polar surface area (TPSA) is 25.8 Å². The van der Waals surface area contributed by atoms with Crippen molar-refractivity contribution in [1.82, 2.24) is 9.97 Å². The summed E-state index contributed by atoms with van der Waals surface area (Å²) in [4.78, 5) is 9.93. The highest BCUT2D eigenvalue weighted by Crippen LogP contribution is 2.35. The molecule has 2 nitrogen and oxygen atoms in total. The van der Waals surface area contributed by atoms with Gasteiger partial charge in [0.15, 0.2) is 0 Å². The van der Waals surface area contributed by atoms with Crippen molar-refractivity contribution in [1.29, 1.82) is 0 Å². The van der Waals surface area contributed by atoms with Crippen LogP contribution in [0.2, 0.25) is 0 Å². The second kappa shape index (κ2) is 6.19. The molecule has 3 aromatic rings. The SMILES string of the molecule is CCC(C)c1cc(-c2cncs2)c(-c2ccccc2)[c]n1. The first-order valence-electron chi connectivity index (χ1n) is 7.16. The molecular formula is C18H17N2S. The monoisotopic (exact) mass is 293 g/mol. The van der Waals surface area contributed by atoms with Crippen molar-refractivity contribution >= 4 is 11.3 Å². The number of rotatable bonds is 4. The van der Waals surface area contributed by atoms with Crippen molar-refractivity contribution in [3.05, 3.63) is 60.0 Å². The summed E-state index contributed by atoms with van der Waals surface area (Å²) in [5.41, 5.74) is 6.33. The van der Waals surface area contributed by atoms with E-state index in [9.17, 15) is 0 Å². The Balaban J connectivity index is 2.16. The third kappa shape index (κ3) is 2.88. The summed E-state index contributed by atoms with van der Waals surface area (Å²) in [6.45, 7) is 4.39. The van der Waals surface area contributed by atoms with Crippen molar-refractivity contribution in [2.45, 2.75) is 26.2 Å². The molecule has 0 bridgehead atoms.